The van der Waals surface area contributed by atoms with Crippen LogP contribution in [0.15, 0.2) is 0 Å². The molecular formula is C8H16O4. The third-order valence-electron chi connectivity index (χ3n) is 0.799. The quantitative estimate of drug-likeness (QED) is 0.501. The summed E-state index contributed by atoms with van der Waals surface area (Å²) in [4.78, 5) is 19.6. The number of hydrogen-bond acceptors (Lipinski definition) is 4. The standard InChI is InChI=1S/C4H6O3.C4H10O/c1-3(5)7-4(2)6;1-2-3-4-5/h1-2H3;5H,2-4H2,1H3. The Morgan fingerprint density at radius 2 is 1.67 bits per heavy atom. The molecule has 0 saturated heterocycles. The molecule has 0 aliphatic heterocycles. The number of carbonyl (C=O) groups is 2. The summed E-state index contributed by atoms with van der Waals surface area (Å²) in [7, 11) is 0. The summed E-state index contributed by atoms with van der Waals surface area (Å²) in [5.41, 5.74) is 0. The van der Waals surface area contributed by atoms with Crippen molar-refractivity contribution in [3.05, 3.63) is 0 Å². The van der Waals surface area contributed by atoms with E-state index in [0.29, 0.717) is 6.61 Å². The van der Waals surface area contributed by atoms with E-state index in [1.54, 1.807) is 0 Å². The van der Waals surface area contributed by atoms with Gasteiger partial charge in [0.05, 0.1) is 0 Å². The normalized spacial score (nSPS) is 8.00. The van der Waals surface area contributed by atoms with Crippen molar-refractivity contribution >= 4 is 11.9 Å². The highest BCUT2D eigenvalue weighted by atomic mass is 16.6. The number of esters is 2. The van der Waals surface area contributed by atoms with Gasteiger partial charge in [-0.1, -0.05) is 13.3 Å². The van der Waals surface area contributed by atoms with Gasteiger partial charge < -0.3 is 9.84 Å². The van der Waals surface area contributed by atoms with Crippen molar-refractivity contribution in [3.8, 4) is 0 Å². The summed E-state index contributed by atoms with van der Waals surface area (Å²) in [6, 6.07) is 0. The van der Waals surface area contributed by atoms with Crippen LogP contribution in [0.25, 0.3) is 0 Å². The largest absolute Gasteiger partial charge is 0.396 e. The van der Waals surface area contributed by atoms with E-state index < -0.39 is 11.9 Å². The molecule has 72 valence electrons. The molecule has 0 heterocycles. The Labute approximate surface area is 72.5 Å². The van der Waals surface area contributed by atoms with Gasteiger partial charge >= 0.3 is 11.9 Å². The minimum absolute atomic E-state index is 0.344. The van der Waals surface area contributed by atoms with Crippen LogP contribution >= 0.6 is 0 Å². The molecule has 1 N–H and O–H groups in total. The predicted octanol–water partition coefficient (Wildman–Crippen LogP) is 0.875. The van der Waals surface area contributed by atoms with Gasteiger partial charge in [0.1, 0.15) is 0 Å². The monoisotopic (exact) mass is 176 g/mol. The first-order valence-corrected chi connectivity index (χ1v) is 3.84. The lowest BCUT2D eigenvalue weighted by molar-refractivity contribution is -0.156. The van der Waals surface area contributed by atoms with Crippen LogP contribution in [0.5, 0.6) is 0 Å². The fraction of sp³-hybridized carbons (Fsp3) is 0.750. The zero-order valence-electron chi connectivity index (χ0n) is 7.79. The lowest BCUT2D eigenvalue weighted by Gasteiger charge is -1.87. The van der Waals surface area contributed by atoms with E-state index in [4.69, 9.17) is 5.11 Å². The summed E-state index contributed by atoms with van der Waals surface area (Å²) < 4.78 is 3.97. The Hall–Kier alpha value is -0.900. The van der Waals surface area contributed by atoms with E-state index in [2.05, 4.69) is 11.7 Å². The third-order valence-corrected chi connectivity index (χ3v) is 0.799. The number of rotatable bonds is 2. The van der Waals surface area contributed by atoms with Gasteiger partial charge in [-0.3, -0.25) is 9.59 Å². The molecule has 0 saturated carbocycles. The zero-order valence-corrected chi connectivity index (χ0v) is 7.79. The van der Waals surface area contributed by atoms with E-state index in [1.807, 2.05) is 0 Å². The first kappa shape index (κ1) is 13.7. The molecule has 0 unspecified atom stereocenters. The Bertz CT molecular complexity index is 117. The molecule has 0 amide bonds. The summed E-state index contributed by atoms with van der Waals surface area (Å²) in [5, 5.41) is 8.07. The van der Waals surface area contributed by atoms with Gasteiger partial charge in [-0.2, -0.15) is 0 Å². The lowest BCUT2D eigenvalue weighted by atomic mass is 10.4. The molecule has 0 rings (SSSR count). The van der Waals surface area contributed by atoms with E-state index in [0.717, 1.165) is 12.8 Å². The highest BCUT2D eigenvalue weighted by Crippen LogP contribution is 1.78. The molecular weight excluding hydrogens is 160 g/mol. The Morgan fingerprint density at radius 1 is 1.25 bits per heavy atom. The molecule has 0 aliphatic carbocycles. The summed E-state index contributed by atoms with van der Waals surface area (Å²) >= 11 is 0. The van der Waals surface area contributed by atoms with Crippen molar-refractivity contribution in [2.24, 2.45) is 0 Å². The van der Waals surface area contributed by atoms with Crippen LogP contribution in [-0.2, 0) is 14.3 Å². The van der Waals surface area contributed by atoms with Gasteiger partial charge in [0.25, 0.3) is 0 Å². The van der Waals surface area contributed by atoms with Crippen LogP contribution < -0.4 is 0 Å². The molecule has 0 fully saturated rings. The highest BCUT2D eigenvalue weighted by Gasteiger charge is 1.93. The average Bonchev–Trinajstić information content (AvgIpc) is 1.87. The predicted molar refractivity (Wildman–Crippen MR) is 44.4 cm³/mol. The van der Waals surface area contributed by atoms with Gasteiger partial charge in [-0.15, -0.1) is 0 Å². The molecule has 0 aromatic rings. The van der Waals surface area contributed by atoms with Crippen molar-refractivity contribution in [1.29, 1.82) is 0 Å². The van der Waals surface area contributed by atoms with Crippen LogP contribution in [0.2, 0.25) is 0 Å². The number of hydrogen-bond donors (Lipinski definition) is 1. The number of carbonyl (C=O) groups excluding carboxylic acids is 2. The Balaban J connectivity index is 0. The summed E-state index contributed by atoms with van der Waals surface area (Å²) in [6.07, 6.45) is 2.04. The Morgan fingerprint density at radius 3 is 1.67 bits per heavy atom. The van der Waals surface area contributed by atoms with Gasteiger partial charge in [0.2, 0.25) is 0 Å². The van der Waals surface area contributed by atoms with E-state index in [-0.39, 0.29) is 0 Å². The molecule has 4 heteroatoms. The number of aliphatic hydroxyl groups is 1. The molecule has 0 spiro atoms. The molecule has 0 atom stereocenters. The summed E-state index contributed by atoms with van der Waals surface area (Å²) in [6.45, 7) is 4.76. The minimum atomic E-state index is -0.562. The maximum Gasteiger partial charge on any atom is 0.310 e. The third kappa shape index (κ3) is 23.0. The number of ether oxygens (including phenoxy) is 1. The van der Waals surface area contributed by atoms with Crippen LogP contribution in [0, 0.1) is 0 Å². The first-order chi connectivity index (χ1) is 5.54. The van der Waals surface area contributed by atoms with E-state index in [9.17, 15) is 9.59 Å². The van der Waals surface area contributed by atoms with Crippen LogP contribution in [0.1, 0.15) is 33.6 Å². The fourth-order valence-electron chi connectivity index (χ4n) is 0.361. The Kier molecular flexibility index (Phi) is 11.5. The lowest BCUT2D eigenvalue weighted by Crippen LogP contribution is -2.03. The van der Waals surface area contributed by atoms with E-state index in [1.165, 1.54) is 13.8 Å². The molecule has 0 radical (unpaired) electrons. The molecule has 0 aliphatic rings. The zero-order chi connectivity index (χ0) is 9.98. The smallest absolute Gasteiger partial charge is 0.310 e. The molecule has 0 aromatic heterocycles. The van der Waals surface area contributed by atoms with E-state index >= 15 is 0 Å². The van der Waals surface area contributed by atoms with Gasteiger partial charge in [-0.05, 0) is 6.42 Å². The summed E-state index contributed by atoms with van der Waals surface area (Å²) in [5.74, 6) is -1.12. The second-order valence-electron chi connectivity index (χ2n) is 2.16. The average molecular weight is 176 g/mol. The molecule has 12 heavy (non-hydrogen) atoms. The van der Waals surface area contributed by atoms with Gasteiger partial charge in [-0.25, -0.2) is 0 Å². The molecule has 0 bridgehead atoms. The van der Waals surface area contributed by atoms with Crippen molar-refractivity contribution in [2.45, 2.75) is 33.6 Å². The van der Waals surface area contributed by atoms with Crippen molar-refractivity contribution in [3.63, 3.8) is 0 Å². The van der Waals surface area contributed by atoms with Crippen LogP contribution in [0.3, 0.4) is 0 Å². The van der Waals surface area contributed by atoms with Crippen LogP contribution in [-0.4, -0.2) is 23.7 Å². The van der Waals surface area contributed by atoms with Crippen molar-refractivity contribution in [1.82, 2.24) is 0 Å². The van der Waals surface area contributed by atoms with Gasteiger partial charge in [0.15, 0.2) is 0 Å². The maximum atomic E-state index is 9.81. The SMILES string of the molecule is CC(=O)OC(C)=O.CCCCO. The maximum absolute atomic E-state index is 9.81. The van der Waals surface area contributed by atoms with Crippen molar-refractivity contribution < 1.29 is 19.4 Å². The number of unbranched alkanes of at least 4 members (excludes halogenated alkanes) is 1. The molecule has 4 nitrogen and oxygen atoms in total. The minimum Gasteiger partial charge on any atom is -0.396 e. The number of aliphatic hydroxyl groups excluding tert-OH is 1. The molecule has 0 aromatic carbocycles. The topological polar surface area (TPSA) is 63.6 Å². The second kappa shape index (κ2) is 10.1. The highest BCUT2D eigenvalue weighted by molar-refractivity contribution is 5.82. The van der Waals surface area contributed by atoms with Crippen molar-refractivity contribution in [2.75, 3.05) is 6.61 Å². The van der Waals surface area contributed by atoms with Gasteiger partial charge in [0, 0.05) is 20.5 Å². The second-order valence-corrected chi connectivity index (χ2v) is 2.16. The fourth-order valence-corrected chi connectivity index (χ4v) is 0.361. The first-order valence-electron chi connectivity index (χ1n) is 3.84. The van der Waals surface area contributed by atoms with Crippen LogP contribution in [0.4, 0.5) is 0 Å².